The van der Waals surface area contributed by atoms with E-state index in [1.54, 1.807) is 6.07 Å². The molecule has 160 valence electrons. The Kier molecular flexibility index (Phi) is 5.95. The molecule has 0 radical (unpaired) electrons. The molecule has 1 fully saturated rings. The molecule has 2 aliphatic rings. The lowest BCUT2D eigenvalue weighted by Crippen LogP contribution is -2.35. The summed E-state index contributed by atoms with van der Waals surface area (Å²) in [6.07, 6.45) is 2.86. The smallest absolute Gasteiger partial charge is 0.270 e. The molecule has 4 rings (SSSR count). The van der Waals surface area contributed by atoms with Gasteiger partial charge >= 0.3 is 0 Å². The number of hydrogen-bond donors (Lipinski definition) is 1. The molecular weight excluding hydrogens is 378 g/mol. The summed E-state index contributed by atoms with van der Waals surface area (Å²) >= 11 is 0. The van der Waals surface area contributed by atoms with Gasteiger partial charge in [0.05, 0.1) is 30.5 Å². The zero-order valence-electron chi connectivity index (χ0n) is 18.1. The van der Waals surface area contributed by atoms with Crippen molar-refractivity contribution in [2.24, 2.45) is 0 Å². The summed E-state index contributed by atoms with van der Waals surface area (Å²) in [7, 11) is 0. The third-order valence-corrected chi connectivity index (χ3v) is 6.38. The number of benzene rings is 1. The van der Waals surface area contributed by atoms with Crippen LogP contribution in [-0.2, 0) is 17.9 Å². The van der Waals surface area contributed by atoms with Crippen molar-refractivity contribution in [2.45, 2.75) is 65.3 Å². The Morgan fingerprint density at radius 2 is 2.00 bits per heavy atom. The van der Waals surface area contributed by atoms with Crippen molar-refractivity contribution in [1.29, 1.82) is 0 Å². The second-order valence-corrected chi connectivity index (χ2v) is 8.43. The topological polar surface area (TPSA) is 63.6 Å². The predicted octanol–water partition coefficient (Wildman–Crippen LogP) is 3.83. The second-order valence-electron chi connectivity index (χ2n) is 8.43. The number of amides is 2. The van der Waals surface area contributed by atoms with E-state index in [2.05, 4.69) is 50.4 Å². The lowest BCUT2D eigenvalue weighted by Gasteiger charge is -2.24. The van der Waals surface area contributed by atoms with E-state index < -0.39 is 0 Å². The van der Waals surface area contributed by atoms with Gasteiger partial charge in [0.25, 0.3) is 11.8 Å². The maximum Gasteiger partial charge on any atom is 0.270 e. The maximum atomic E-state index is 13.2. The van der Waals surface area contributed by atoms with Crippen molar-refractivity contribution in [3.8, 4) is 0 Å². The Morgan fingerprint density at radius 3 is 2.67 bits per heavy atom. The highest BCUT2D eigenvalue weighted by Gasteiger charge is 2.32. The average molecular weight is 410 g/mol. The first-order chi connectivity index (χ1) is 14.5. The van der Waals surface area contributed by atoms with Crippen molar-refractivity contribution in [1.82, 2.24) is 14.8 Å². The number of nitrogens with zero attached hydrogens (tertiary/aromatic N) is 2. The molecule has 1 aromatic carbocycles. The molecule has 0 spiro atoms. The van der Waals surface area contributed by atoms with Gasteiger partial charge in [-0.25, -0.2) is 0 Å². The van der Waals surface area contributed by atoms with Crippen LogP contribution < -0.4 is 5.32 Å². The molecule has 6 nitrogen and oxygen atoms in total. The summed E-state index contributed by atoms with van der Waals surface area (Å²) in [5.41, 5.74) is 4.24. The van der Waals surface area contributed by atoms with Gasteiger partial charge in [0.2, 0.25) is 0 Å². The Bertz CT molecular complexity index is 932. The monoisotopic (exact) mass is 409 g/mol. The van der Waals surface area contributed by atoms with E-state index in [0.29, 0.717) is 31.0 Å². The van der Waals surface area contributed by atoms with Crippen LogP contribution in [0.15, 0.2) is 30.3 Å². The highest BCUT2D eigenvalue weighted by molar-refractivity contribution is 6.01. The average Bonchev–Trinajstić information content (AvgIpc) is 3.36. The van der Waals surface area contributed by atoms with Gasteiger partial charge in [-0.15, -0.1) is 0 Å². The number of ether oxygens (including phenoxy) is 1. The molecule has 1 aromatic heterocycles. The first kappa shape index (κ1) is 20.7. The van der Waals surface area contributed by atoms with E-state index in [1.807, 2.05) is 9.47 Å². The third kappa shape index (κ3) is 3.88. The lowest BCUT2D eigenvalue weighted by molar-refractivity contribution is 0.0683. The summed E-state index contributed by atoms with van der Waals surface area (Å²) < 4.78 is 7.61. The number of rotatable bonds is 5. The summed E-state index contributed by atoms with van der Waals surface area (Å²) in [5.74, 6) is -0.127. The van der Waals surface area contributed by atoms with Crippen LogP contribution in [-0.4, -0.2) is 40.5 Å². The molecule has 2 atom stereocenters. The Labute approximate surface area is 178 Å². The molecule has 0 aliphatic carbocycles. The molecule has 1 N–H and O–H groups in total. The number of nitrogens with one attached hydrogen (secondary N) is 1. The fourth-order valence-corrected chi connectivity index (χ4v) is 4.54. The van der Waals surface area contributed by atoms with E-state index in [0.717, 1.165) is 37.1 Å². The molecule has 30 heavy (non-hydrogen) atoms. The molecule has 3 heterocycles. The van der Waals surface area contributed by atoms with Crippen LogP contribution in [0.3, 0.4) is 0 Å². The number of aryl methyl sites for hydroxylation is 1. The van der Waals surface area contributed by atoms with Gasteiger partial charge in [0.15, 0.2) is 0 Å². The highest BCUT2D eigenvalue weighted by Crippen LogP contribution is 2.26. The van der Waals surface area contributed by atoms with Gasteiger partial charge in [0, 0.05) is 19.1 Å². The van der Waals surface area contributed by atoms with Crippen molar-refractivity contribution in [3.63, 3.8) is 0 Å². The molecule has 2 aliphatic heterocycles. The maximum absolute atomic E-state index is 13.2. The molecular formula is C24H31N3O3. The van der Waals surface area contributed by atoms with Crippen molar-refractivity contribution < 1.29 is 14.3 Å². The highest BCUT2D eigenvalue weighted by atomic mass is 16.5. The fraction of sp³-hybridized carbons (Fsp3) is 0.500. The van der Waals surface area contributed by atoms with Crippen LogP contribution in [0.4, 0.5) is 0 Å². The minimum atomic E-state index is -0.148. The van der Waals surface area contributed by atoms with E-state index in [4.69, 9.17) is 4.74 Å². The first-order valence-corrected chi connectivity index (χ1v) is 11.0. The molecule has 0 saturated carbocycles. The Balaban J connectivity index is 1.61. The van der Waals surface area contributed by atoms with Crippen LogP contribution in [0.2, 0.25) is 0 Å². The largest absolute Gasteiger partial charge is 0.373 e. The van der Waals surface area contributed by atoms with Crippen LogP contribution in [0, 0.1) is 6.92 Å². The van der Waals surface area contributed by atoms with Crippen LogP contribution in [0.5, 0.6) is 0 Å². The van der Waals surface area contributed by atoms with Gasteiger partial charge in [-0.3, -0.25) is 9.59 Å². The quantitative estimate of drug-likeness (QED) is 0.816. The van der Waals surface area contributed by atoms with E-state index >= 15 is 0 Å². The van der Waals surface area contributed by atoms with Gasteiger partial charge < -0.3 is 19.5 Å². The Hall–Kier alpha value is -2.60. The van der Waals surface area contributed by atoms with E-state index in [1.165, 1.54) is 5.56 Å². The number of fused-ring (bicyclic) bond motifs is 1. The molecule has 1 saturated heterocycles. The SMILES string of the molecule is CC[C@@H](NC(=O)c1cc(C(=O)N2CCC[C@@H]2C)n2c1COCC2)c1ccc(C)cc1. The zero-order valence-corrected chi connectivity index (χ0v) is 18.1. The van der Waals surface area contributed by atoms with Crippen molar-refractivity contribution in [3.05, 3.63) is 58.4 Å². The summed E-state index contributed by atoms with van der Waals surface area (Å²) in [6, 6.07) is 10.2. The normalized spacial score (nSPS) is 19.4. The summed E-state index contributed by atoms with van der Waals surface area (Å²) in [4.78, 5) is 28.4. The number of likely N-dealkylation sites (tertiary alicyclic amines) is 1. The molecule has 0 unspecified atom stereocenters. The number of carbonyl (C=O) groups is 2. The molecule has 0 bridgehead atoms. The van der Waals surface area contributed by atoms with Crippen LogP contribution in [0.1, 0.15) is 76.8 Å². The fourth-order valence-electron chi connectivity index (χ4n) is 4.54. The molecule has 2 aromatic rings. The third-order valence-electron chi connectivity index (χ3n) is 6.38. The lowest BCUT2D eigenvalue weighted by atomic mass is 10.0. The summed E-state index contributed by atoms with van der Waals surface area (Å²) in [6.45, 7) is 8.50. The zero-order chi connectivity index (χ0) is 21.3. The number of hydrogen-bond acceptors (Lipinski definition) is 3. The first-order valence-electron chi connectivity index (χ1n) is 11.0. The predicted molar refractivity (Wildman–Crippen MR) is 115 cm³/mol. The second kappa shape index (κ2) is 8.64. The van der Waals surface area contributed by atoms with E-state index in [9.17, 15) is 9.59 Å². The van der Waals surface area contributed by atoms with Gasteiger partial charge in [-0.05, 0) is 44.7 Å². The molecule has 2 amide bonds. The van der Waals surface area contributed by atoms with Crippen molar-refractivity contribution >= 4 is 11.8 Å². The van der Waals surface area contributed by atoms with Crippen molar-refractivity contribution in [2.75, 3.05) is 13.2 Å². The minimum Gasteiger partial charge on any atom is -0.373 e. The van der Waals surface area contributed by atoms with Crippen LogP contribution in [0.25, 0.3) is 0 Å². The minimum absolute atomic E-state index is 0.0211. The molecule has 6 heteroatoms. The Morgan fingerprint density at radius 1 is 1.23 bits per heavy atom. The van der Waals surface area contributed by atoms with E-state index in [-0.39, 0.29) is 23.9 Å². The van der Waals surface area contributed by atoms with Gasteiger partial charge in [0.1, 0.15) is 5.69 Å². The number of aromatic nitrogens is 1. The van der Waals surface area contributed by atoms with Crippen LogP contribution >= 0.6 is 0 Å². The van der Waals surface area contributed by atoms with Gasteiger partial charge in [-0.2, -0.15) is 0 Å². The standard InChI is InChI=1S/C24H31N3O3/c1-4-20(18-9-7-16(2)8-10-18)25-23(28)19-14-21(27-12-13-30-15-22(19)27)24(29)26-11-5-6-17(26)3/h7-10,14,17,20H,4-6,11-13,15H2,1-3H3,(H,25,28)/t17-,20+/m0/s1. The summed E-state index contributed by atoms with van der Waals surface area (Å²) in [5, 5.41) is 3.17. The van der Waals surface area contributed by atoms with Gasteiger partial charge in [-0.1, -0.05) is 36.8 Å². The number of carbonyl (C=O) groups excluding carboxylic acids is 2.